The van der Waals surface area contributed by atoms with Crippen LogP contribution < -0.4 is 4.72 Å². The van der Waals surface area contributed by atoms with E-state index >= 15 is 0 Å². The van der Waals surface area contributed by atoms with E-state index in [2.05, 4.69) is 0 Å². The normalized spacial score (nSPS) is 11.8. The predicted molar refractivity (Wildman–Crippen MR) is 70.2 cm³/mol. The van der Waals surface area contributed by atoms with E-state index in [9.17, 15) is 23.6 Å². The van der Waals surface area contributed by atoms with E-state index in [0.717, 1.165) is 10.4 Å². The molecule has 8 nitrogen and oxygen atoms in total. The molecule has 1 aromatic rings. The summed E-state index contributed by atoms with van der Waals surface area (Å²) in [5.74, 6) is -0.505. The average molecular weight is 289 g/mol. The molecule has 0 spiro atoms. The van der Waals surface area contributed by atoms with Gasteiger partial charge in [-0.3, -0.25) is 14.8 Å². The second-order valence-electron chi connectivity index (χ2n) is 4.15. The second-order valence-corrected chi connectivity index (χ2v) is 5.88. The molecule has 0 radical (unpaired) electrons. The second kappa shape index (κ2) is 5.41. The van der Waals surface area contributed by atoms with E-state index in [0.29, 0.717) is 0 Å². The largest absolute Gasteiger partial charge is 0.505 e. The number of nitrogens with one attached hydrogen (secondary N) is 1. The quantitative estimate of drug-likeness (QED) is 0.482. The van der Waals surface area contributed by atoms with Gasteiger partial charge in [0, 0.05) is 19.2 Å². The van der Waals surface area contributed by atoms with Crippen LogP contribution in [0.25, 0.3) is 0 Å². The summed E-state index contributed by atoms with van der Waals surface area (Å²) in [6, 6.07) is 3.20. The number of nitro benzene ring substituents is 1. The Kier molecular flexibility index (Phi) is 4.32. The van der Waals surface area contributed by atoms with Crippen molar-refractivity contribution in [3.63, 3.8) is 0 Å². The SMILES string of the molecule is CC(C)N(C)S(=O)(=O)Nc1c(O)cccc1[N+](=O)[O-]. The summed E-state index contributed by atoms with van der Waals surface area (Å²) in [4.78, 5) is 10.0. The zero-order valence-electron chi connectivity index (χ0n) is 10.7. The van der Waals surface area contributed by atoms with Gasteiger partial charge in [-0.05, 0) is 19.9 Å². The number of para-hydroxylation sites is 1. The number of hydrogen-bond donors (Lipinski definition) is 2. The summed E-state index contributed by atoms with van der Waals surface area (Å²) >= 11 is 0. The summed E-state index contributed by atoms with van der Waals surface area (Å²) in [7, 11) is -2.64. The van der Waals surface area contributed by atoms with Gasteiger partial charge in [-0.25, -0.2) is 0 Å². The number of rotatable bonds is 5. The first-order valence-electron chi connectivity index (χ1n) is 5.39. The lowest BCUT2D eigenvalue weighted by atomic mass is 10.2. The Bertz CT molecular complexity index is 585. The number of benzene rings is 1. The summed E-state index contributed by atoms with van der Waals surface area (Å²) in [5.41, 5.74) is -0.958. The van der Waals surface area contributed by atoms with Gasteiger partial charge in [0.1, 0.15) is 5.75 Å². The molecule has 9 heteroatoms. The van der Waals surface area contributed by atoms with E-state index in [1.807, 2.05) is 4.72 Å². The third-order valence-corrected chi connectivity index (χ3v) is 4.20. The van der Waals surface area contributed by atoms with Gasteiger partial charge in [0.15, 0.2) is 5.69 Å². The molecule has 0 aliphatic rings. The molecule has 2 N–H and O–H groups in total. The molecule has 0 aliphatic carbocycles. The molecule has 0 fully saturated rings. The fourth-order valence-corrected chi connectivity index (χ4v) is 2.43. The molecule has 0 aliphatic heterocycles. The van der Waals surface area contributed by atoms with Crippen molar-refractivity contribution in [2.45, 2.75) is 19.9 Å². The molecule has 0 heterocycles. The maximum Gasteiger partial charge on any atom is 0.301 e. The molecule has 0 atom stereocenters. The Labute approximate surface area is 111 Å². The van der Waals surface area contributed by atoms with Crippen LogP contribution in [0, 0.1) is 10.1 Å². The minimum absolute atomic E-state index is 0.331. The highest BCUT2D eigenvalue weighted by Crippen LogP contribution is 2.34. The fourth-order valence-electron chi connectivity index (χ4n) is 1.26. The van der Waals surface area contributed by atoms with Gasteiger partial charge in [0.25, 0.3) is 5.69 Å². The highest BCUT2D eigenvalue weighted by Gasteiger charge is 2.26. The monoisotopic (exact) mass is 289 g/mol. The van der Waals surface area contributed by atoms with Crippen LogP contribution in [0.4, 0.5) is 11.4 Å². The molecule has 0 bridgehead atoms. The van der Waals surface area contributed by atoms with E-state index in [1.54, 1.807) is 13.8 Å². The molecule has 0 saturated carbocycles. The molecule has 0 aromatic heterocycles. The van der Waals surface area contributed by atoms with Crippen LogP contribution in [-0.2, 0) is 10.2 Å². The average Bonchev–Trinajstić information content (AvgIpc) is 2.30. The molecular formula is C10H15N3O5S. The Morgan fingerprint density at radius 2 is 2.00 bits per heavy atom. The molecule has 1 aromatic carbocycles. The van der Waals surface area contributed by atoms with Crippen molar-refractivity contribution >= 4 is 21.6 Å². The van der Waals surface area contributed by atoms with Crippen LogP contribution in [0.2, 0.25) is 0 Å². The van der Waals surface area contributed by atoms with Gasteiger partial charge in [0.2, 0.25) is 0 Å². The van der Waals surface area contributed by atoms with Crippen molar-refractivity contribution < 1.29 is 18.4 Å². The van der Waals surface area contributed by atoms with Crippen LogP contribution >= 0.6 is 0 Å². The Hall–Kier alpha value is -1.87. The summed E-state index contributed by atoms with van der Waals surface area (Å²) in [6.45, 7) is 3.30. The van der Waals surface area contributed by atoms with Crippen LogP contribution in [0.3, 0.4) is 0 Å². The van der Waals surface area contributed by atoms with Crippen LogP contribution in [0.15, 0.2) is 18.2 Å². The number of aromatic hydroxyl groups is 1. The van der Waals surface area contributed by atoms with Gasteiger partial charge < -0.3 is 5.11 Å². The summed E-state index contributed by atoms with van der Waals surface area (Å²) in [5, 5.41) is 20.4. The van der Waals surface area contributed by atoms with E-state index in [-0.39, 0.29) is 6.04 Å². The fraction of sp³-hybridized carbons (Fsp3) is 0.400. The number of anilines is 1. The van der Waals surface area contributed by atoms with Crippen molar-refractivity contribution in [3.05, 3.63) is 28.3 Å². The highest BCUT2D eigenvalue weighted by molar-refractivity contribution is 7.90. The molecule has 106 valence electrons. The summed E-state index contributed by atoms with van der Waals surface area (Å²) in [6.07, 6.45) is 0. The Morgan fingerprint density at radius 3 is 2.47 bits per heavy atom. The number of hydrogen-bond acceptors (Lipinski definition) is 5. The molecular weight excluding hydrogens is 274 g/mol. The zero-order chi connectivity index (χ0) is 14.8. The van der Waals surface area contributed by atoms with E-state index in [1.165, 1.54) is 19.2 Å². The predicted octanol–water partition coefficient (Wildman–Crippen LogP) is 1.30. The molecule has 0 amide bonds. The standard InChI is InChI=1S/C10H15N3O5S/c1-7(2)12(3)19(17,18)11-10-8(13(15)16)5-4-6-9(10)14/h4-7,11,14H,1-3H3. The number of phenolic OH excluding ortho intramolecular Hbond substituents is 1. The van der Waals surface area contributed by atoms with Crippen molar-refractivity contribution in [2.24, 2.45) is 0 Å². The lowest BCUT2D eigenvalue weighted by Gasteiger charge is -2.21. The summed E-state index contributed by atoms with van der Waals surface area (Å²) < 4.78 is 26.9. The minimum Gasteiger partial charge on any atom is -0.505 e. The van der Waals surface area contributed by atoms with Crippen molar-refractivity contribution in [1.29, 1.82) is 0 Å². The number of phenols is 1. The van der Waals surface area contributed by atoms with Gasteiger partial charge in [-0.15, -0.1) is 0 Å². The third kappa shape index (κ3) is 3.32. The first-order valence-corrected chi connectivity index (χ1v) is 6.83. The molecule has 19 heavy (non-hydrogen) atoms. The van der Waals surface area contributed by atoms with Gasteiger partial charge in [-0.1, -0.05) is 6.07 Å². The lowest BCUT2D eigenvalue weighted by molar-refractivity contribution is -0.384. The first-order chi connectivity index (χ1) is 8.66. The van der Waals surface area contributed by atoms with Crippen LogP contribution in [-0.4, -0.2) is 35.8 Å². The first kappa shape index (κ1) is 15.2. The Morgan fingerprint density at radius 1 is 1.42 bits per heavy atom. The maximum absolute atomic E-state index is 11.9. The van der Waals surface area contributed by atoms with Gasteiger partial charge in [-0.2, -0.15) is 12.7 Å². The minimum atomic E-state index is -3.97. The lowest BCUT2D eigenvalue weighted by Crippen LogP contribution is -2.37. The maximum atomic E-state index is 11.9. The topological polar surface area (TPSA) is 113 Å². The van der Waals surface area contributed by atoms with E-state index < -0.39 is 32.3 Å². The third-order valence-electron chi connectivity index (χ3n) is 2.55. The van der Waals surface area contributed by atoms with Crippen molar-refractivity contribution in [3.8, 4) is 5.75 Å². The van der Waals surface area contributed by atoms with E-state index in [4.69, 9.17) is 0 Å². The zero-order valence-corrected chi connectivity index (χ0v) is 11.5. The Balaban J connectivity index is 3.23. The smallest absolute Gasteiger partial charge is 0.301 e. The molecule has 0 unspecified atom stereocenters. The van der Waals surface area contributed by atoms with Crippen LogP contribution in [0.5, 0.6) is 5.75 Å². The molecule has 1 rings (SSSR count). The molecule has 0 saturated heterocycles. The number of nitrogens with zero attached hydrogens (tertiary/aromatic N) is 2. The highest BCUT2D eigenvalue weighted by atomic mass is 32.2. The van der Waals surface area contributed by atoms with Crippen molar-refractivity contribution in [2.75, 3.05) is 11.8 Å². The number of nitro groups is 1. The van der Waals surface area contributed by atoms with Gasteiger partial charge in [0.05, 0.1) is 4.92 Å². The van der Waals surface area contributed by atoms with Crippen LogP contribution in [0.1, 0.15) is 13.8 Å². The van der Waals surface area contributed by atoms with Crippen molar-refractivity contribution in [1.82, 2.24) is 4.31 Å². The van der Waals surface area contributed by atoms with Gasteiger partial charge >= 0.3 is 10.2 Å².